The first-order valence-electron chi connectivity index (χ1n) is 15.2. The first kappa shape index (κ1) is 31.9. The highest BCUT2D eigenvalue weighted by atomic mass is 16.5. The van der Waals surface area contributed by atoms with Gasteiger partial charge in [0.2, 0.25) is 0 Å². The molecule has 0 aromatic rings. The fraction of sp³-hybridized carbons (Fsp3) is 1.00. The molecule has 0 radical (unpaired) electrons. The molecule has 0 aliphatic rings. The lowest BCUT2D eigenvalue weighted by Gasteiger charge is -2.14. The van der Waals surface area contributed by atoms with Gasteiger partial charge in [-0.05, 0) is 12.8 Å². The van der Waals surface area contributed by atoms with Crippen molar-refractivity contribution in [3.63, 3.8) is 0 Å². The molecule has 0 amide bonds. The number of unbranched alkanes of at least 4 members (excludes halogenated alkanes) is 23. The third-order valence-electron chi connectivity index (χ3n) is 7.24. The molecule has 2 N–H and O–H groups in total. The molecule has 0 fully saturated rings. The van der Waals surface area contributed by atoms with E-state index in [1.165, 1.54) is 161 Å². The highest BCUT2D eigenvalue weighted by Gasteiger charge is 2.06. The van der Waals surface area contributed by atoms with Crippen LogP contribution in [0.15, 0.2) is 0 Å². The summed E-state index contributed by atoms with van der Waals surface area (Å²) in [5.41, 5.74) is 2.59. The van der Waals surface area contributed by atoms with Crippen LogP contribution in [0.25, 0.3) is 0 Å². The number of hydrogen-bond acceptors (Lipinski definition) is 2. The summed E-state index contributed by atoms with van der Waals surface area (Å²) >= 11 is 0. The van der Waals surface area contributed by atoms with Gasteiger partial charge in [0.05, 0.1) is 0 Å². The molecule has 1 atom stereocenters. The molecular weight excluding hydrogens is 390 g/mol. The van der Waals surface area contributed by atoms with Crippen molar-refractivity contribution in [2.24, 2.45) is 0 Å². The SMILES string of the molecule is CCCCCCCCCCCCCCCC(CCCCCCCCCCCCCC)NO. The van der Waals surface area contributed by atoms with Crippen molar-refractivity contribution in [1.29, 1.82) is 0 Å². The molecule has 0 aliphatic carbocycles. The van der Waals surface area contributed by atoms with Gasteiger partial charge in [0, 0.05) is 6.04 Å². The average molecular weight is 454 g/mol. The molecule has 0 aromatic heterocycles. The average Bonchev–Trinajstić information content (AvgIpc) is 2.81. The van der Waals surface area contributed by atoms with Gasteiger partial charge in [-0.15, -0.1) is 0 Å². The maximum absolute atomic E-state index is 9.44. The topological polar surface area (TPSA) is 32.3 Å². The monoisotopic (exact) mass is 453 g/mol. The van der Waals surface area contributed by atoms with Gasteiger partial charge in [0.25, 0.3) is 0 Å². The summed E-state index contributed by atoms with van der Waals surface area (Å²) in [5, 5.41) is 9.44. The van der Waals surface area contributed by atoms with Gasteiger partial charge in [0.15, 0.2) is 0 Å². The molecule has 2 heteroatoms. The molecule has 0 rings (SSSR count). The van der Waals surface area contributed by atoms with Crippen molar-refractivity contribution in [2.45, 2.75) is 193 Å². The largest absolute Gasteiger partial charge is 0.317 e. The Labute approximate surface area is 204 Å². The van der Waals surface area contributed by atoms with E-state index in [0.29, 0.717) is 6.04 Å². The van der Waals surface area contributed by atoms with Gasteiger partial charge in [-0.1, -0.05) is 174 Å². The van der Waals surface area contributed by atoms with E-state index in [2.05, 4.69) is 19.3 Å². The van der Waals surface area contributed by atoms with Gasteiger partial charge in [0.1, 0.15) is 0 Å². The highest BCUT2D eigenvalue weighted by Crippen LogP contribution is 2.16. The van der Waals surface area contributed by atoms with E-state index in [1.54, 1.807) is 0 Å². The van der Waals surface area contributed by atoms with E-state index >= 15 is 0 Å². The second-order valence-electron chi connectivity index (χ2n) is 10.5. The number of rotatable bonds is 28. The minimum Gasteiger partial charge on any atom is -0.317 e. The Bertz CT molecular complexity index is 320. The van der Waals surface area contributed by atoms with Crippen LogP contribution >= 0.6 is 0 Å². The van der Waals surface area contributed by atoms with Crippen molar-refractivity contribution in [3.8, 4) is 0 Å². The maximum atomic E-state index is 9.44. The van der Waals surface area contributed by atoms with E-state index in [1.807, 2.05) is 0 Å². The van der Waals surface area contributed by atoms with Crippen LogP contribution in [0.5, 0.6) is 0 Å². The van der Waals surface area contributed by atoms with E-state index < -0.39 is 0 Å². The zero-order chi connectivity index (χ0) is 23.4. The third-order valence-corrected chi connectivity index (χ3v) is 7.24. The van der Waals surface area contributed by atoms with E-state index in [9.17, 15) is 5.21 Å². The zero-order valence-electron chi connectivity index (χ0n) is 22.6. The normalized spacial score (nSPS) is 12.5. The summed E-state index contributed by atoms with van der Waals surface area (Å²) in [6.07, 6.45) is 37.4. The predicted molar refractivity (Wildman–Crippen MR) is 145 cm³/mol. The smallest absolute Gasteiger partial charge is 0.0319 e. The lowest BCUT2D eigenvalue weighted by molar-refractivity contribution is 0.114. The van der Waals surface area contributed by atoms with Gasteiger partial charge in [-0.25, -0.2) is 5.48 Å². The summed E-state index contributed by atoms with van der Waals surface area (Å²) < 4.78 is 0. The predicted octanol–water partition coefficient (Wildman–Crippen LogP) is 10.9. The summed E-state index contributed by atoms with van der Waals surface area (Å²) in [6, 6.07) is 0.325. The fourth-order valence-corrected chi connectivity index (χ4v) is 4.91. The minimum absolute atomic E-state index is 0.325. The van der Waals surface area contributed by atoms with Gasteiger partial charge in [-0.3, -0.25) is 0 Å². The third kappa shape index (κ3) is 26.2. The van der Waals surface area contributed by atoms with Crippen LogP contribution in [-0.4, -0.2) is 11.2 Å². The molecule has 1 unspecified atom stereocenters. The summed E-state index contributed by atoms with van der Waals surface area (Å²) in [7, 11) is 0. The van der Waals surface area contributed by atoms with Gasteiger partial charge >= 0.3 is 0 Å². The Hall–Kier alpha value is -0.0800. The standard InChI is InChI=1S/C30H63NO/c1-3-5-7-9-11-13-15-17-19-21-23-25-27-29-30(31-32)28-26-24-22-20-18-16-14-12-10-8-6-4-2/h30-32H,3-29H2,1-2H3. The second-order valence-corrected chi connectivity index (χ2v) is 10.5. The molecule has 0 saturated heterocycles. The Morgan fingerprint density at radius 1 is 0.375 bits per heavy atom. The minimum atomic E-state index is 0.325. The Morgan fingerprint density at radius 2 is 0.594 bits per heavy atom. The quantitative estimate of drug-likeness (QED) is 0.0911. The van der Waals surface area contributed by atoms with Crippen LogP contribution in [0.1, 0.15) is 187 Å². The van der Waals surface area contributed by atoms with Crippen LogP contribution in [0.3, 0.4) is 0 Å². The molecule has 0 spiro atoms. The number of hydrogen-bond donors (Lipinski definition) is 2. The second kappa shape index (κ2) is 29.0. The van der Waals surface area contributed by atoms with Crippen LogP contribution in [-0.2, 0) is 0 Å². The van der Waals surface area contributed by atoms with Crippen LogP contribution in [0.2, 0.25) is 0 Å². The molecular formula is C30H63NO. The van der Waals surface area contributed by atoms with Gasteiger partial charge < -0.3 is 5.21 Å². The molecule has 0 aromatic carbocycles. The molecule has 194 valence electrons. The van der Waals surface area contributed by atoms with Crippen LogP contribution < -0.4 is 5.48 Å². The number of nitrogens with one attached hydrogen (secondary N) is 1. The summed E-state index contributed by atoms with van der Waals surface area (Å²) in [4.78, 5) is 0. The van der Waals surface area contributed by atoms with Crippen molar-refractivity contribution in [3.05, 3.63) is 0 Å². The Kier molecular flexibility index (Phi) is 28.9. The van der Waals surface area contributed by atoms with E-state index in [4.69, 9.17) is 0 Å². The van der Waals surface area contributed by atoms with Crippen molar-refractivity contribution in [1.82, 2.24) is 5.48 Å². The van der Waals surface area contributed by atoms with Crippen molar-refractivity contribution < 1.29 is 5.21 Å². The fourth-order valence-electron chi connectivity index (χ4n) is 4.91. The van der Waals surface area contributed by atoms with Gasteiger partial charge in [-0.2, -0.15) is 0 Å². The Balaban J connectivity index is 3.26. The molecule has 0 heterocycles. The lowest BCUT2D eigenvalue weighted by atomic mass is 10.00. The molecule has 32 heavy (non-hydrogen) atoms. The van der Waals surface area contributed by atoms with E-state index in [-0.39, 0.29) is 0 Å². The molecule has 0 bridgehead atoms. The highest BCUT2D eigenvalue weighted by molar-refractivity contribution is 4.63. The van der Waals surface area contributed by atoms with Crippen molar-refractivity contribution >= 4 is 0 Å². The first-order chi connectivity index (χ1) is 15.8. The Morgan fingerprint density at radius 3 is 0.812 bits per heavy atom. The molecule has 2 nitrogen and oxygen atoms in total. The summed E-state index contributed by atoms with van der Waals surface area (Å²) in [6.45, 7) is 4.58. The molecule has 0 saturated carbocycles. The lowest BCUT2D eigenvalue weighted by Crippen LogP contribution is -2.25. The van der Waals surface area contributed by atoms with E-state index in [0.717, 1.165) is 12.8 Å². The maximum Gasteiger partial charge on any atom is 0.0319 e. The van der Waals surface area contributed by atoms with Crippen LogP contribution in [0.4, 0.5) is 0 Å². The number of hydroxylamine groups is 1. The van der Waals surface area contributed by atoms with Crippen molar-refractivity contribution in [2.75, 3.05) is 0 Å². The van der Waals surface area contributed by atoms with Crippen LogP contribution in [0, 0.1) is 0 Å². The summed E-state index contributed by atoms with van der Waals surface area (Å²) in [5.74, 6) is 0. The zero-order valence-corrected chi connectivity index (χ0v) is 22.6. The molecule has 0 aliphatic heterocycles. The first-order valence-corrected chi connectivity index (χ1v) is 15.2.